The van der Waals surface area contributed by atoms with E-state index in [-0.39, 0.29) is 5.41 Å². The van der Waals surface area contributed by atoms with Crippen LogP contribution in [0.3, 0.4) is 0 Å². The second kappa shape index (κ2) is 5.06. The second-order valence-corrected chi connectivity index (χ2v) is 6.75. The molecule has 0 heterocycles. The van der Waals surface area contributed by atoms with Gasteiger partial charge in [-0.1, -0.05) is 32.4 Å². The summed E-state index contributed by atoms with van der Waals surface area (Å²) in [6, 6.07) is 5.36. The normalized spacial score (nSPS) is 27.1. The van der Waals surface area contributed by atoms with Crippen molar-refractivity contribution in [2.45, 2.75) is 57.7 Å². The highest BCUT2D eigenvalue weighted by atomic mass is 19.4. The molecular formula is C16H22F3N. The number of halogens is 3. The Balaban J connectivity index is 2.22. The van der Waals surface area contributed by atoms with E-state index < -0.39 is 17.3 Å². The van der Waals surface area contributed by atoms with Crippen molar-refractivity contribution in [1.82, 2.24) is 0 Å². The van der Waals surface area contributed by atoms with Crippen LogP contribution in [0.25, 0.3) is 0 Å². The zero-order valence-electron chi connectivity index (χ0n) is 12.1. The first-order valence-electron chi connectivity index (χ1n) is 7.09. The molecule has 1 atom stereocenters. The smallest absolute Gasteiger partial charge is 0.321 e. The molecule has 0 aromatic heterocycles. The van der Waals surface area contributed by atoms with Crippen LogP contribution in [-0.2, 0) is 11.7 Å². The van der Waals surface area contributed by atoms with Gasteiger partial charge in [-0.05, 0) is 48.8 Å². The lowest BCUT2D eigenvalue weighted by molar-refractivity contribution is -0.137. The van der Waals surface area contributed by atoms with Crippen LogP contribution in [0.4, 0.5) is 13.2 Å². The highest BCUT2D eigenvalue weighted by Crippen LogP contribution is 2.41. The zero-order valence-corrected chi connectivity index (χ0v) is 12.1. The summed E-state index contributed by atoms with van der Waals surface area (Å²) in [7, 11) is 0. The molecule has 2 N–H and O–H groups in total. The molecule has 1 unspecified atom stereocenters. The van der Waals surface area contributed by atoms with Crippen molar-refractivity contribution in [1.29, 1.82) is 0 Å². The Labute approximate surface area is 118 Å². The van der Waals surface area contributed by atoms with Crippen molar-refractivity contribution in [2.24, 2.45) is 11.1 Å². The predicted octanol–water partition coefficient (Wildman–Crippen LogP) is 4.85. The topological polar surface area (TPSA) is 26.0 Å². The Morgan fingerprint density at radius 3 is 2.10 bits per heavy atom. The van der Waals surface area contributed by atoms with Crippen LogP contribution in [0.1, 0.15) is 57.1 Å². The molecule has 1 aromatic rings. The maximum Gasteiger partial charge on any atom is 0.416 e. The Morgan fingerprint density at radius 1 is 0.950 bits per heavy atom. The fraction of sp³-hybridized carbons (Fsp3) is 0.625. The van der Waals surface area contributed by atoms with Gasteiger partial charge < -0.3 is 5.73 Å². The van der Waals surface area contributed by atoms with Gasteiger partial charge in [0, 0.05) is 5.54 Å². The summed E-state index contributed by atoms with van der Waals surface area (Å²) in [4.78, 5) is 0. The number of hydrogen-bond donors (Lipinski definition) is 1. The molecule has 0 aliphatic heterocycles. The molecule has 0 amide bonds. The average molecular weight is 285 g/mol. The van der Waals surface area contributed by atoms with Crippen molar-refractivity contribution in [3.05, 3.63) is 35.4 Å². The van der Waals surface area contributed by atoms with Gasteiger partial charge in [-0.2, -0.15) is 13.2 Å². The van der Waals surface area contributed by atoms with Gasteiger partial charge in [-0.25, -0.2) is 0 Å². The van der Waals surface area contributed by atoms with E-state index in [9.17, 15) is 13.2 Å². The number of rotatable bonds is 1. The van der Waals surface area contributed by atoms with Gasteiger partial charge in [-0.15, -0.1) is 0 Å². The van der Waals surface area contributed by atoms with Gasteiger partial charge in [0.05, 0.1) is 5.56 Å². The maximum atomic E-state index is 12.6. The fourth-order valence-corrected chi connectivity index (χ4v) is 2.97. The first kappa shape index (κ1) is 15.4. The summed E-state index contributed by atoms with van der Waals surface area (Å²) in [6.45, 7) is 4.46. The monoisotopic (exact) mass is 285 g/mol. The number of nitrogens with two attached hydrogens (primary N) is 1. The van der Waals surface area contributed by atoms with E-state index in [2.05, 4.69) is 13.8 Å². The Bertz CT molecular complexity index is 462. The third kappa shape index (κ3) is 3.35. The standard InChI is InChI=1S/C16H22F3N/c1-14(2)8-3-9-15(20,11-10-14)12-4-6-13(7-5-12)16(17,18)19/h4-7H,3,8-11,20H2,1-2H3. The van der Waals surface area contributed by atoms with E-state index in [1.54, 1.807) is 12.1 Å². The van der Waals surface area contributed by atoms with E-state index in [1.165, 1.54) is 0 Å². The minimum atomic E-state index is -4.29. The first-order valence-corrected chi connectivity index (χ1v) is 7.09. The van der Waals surface area contributed by atoms with Gasteiger partial charge in [0.15, 0.2) is 0 Å². The molecule has 1 aromatic carbocycles. The molecule has 1 aliphatic carbocycles. The van der Waals surface area contributed by atoms with Gasteiger partial charge in [0.2, 0.25) is 0 Å². The van der Waals surface area contributed by atoms with Crippen LogP contribution >= 0.6 is 0 Å². The minimum absolute atomic E-state index is 0.271. The van der Waals surface area contributed by atoms with Crippen molar-refractivity contribution in [3.63, 3.8) is 0 Å². The molecule has 4 heteroatoms. The number of alkyl halides is 3. The second-order valence-electron chi connectivity index (χ2n) is 6.75. The van der Waals surface area contributed by atoms with Crippen LogP contribution in [-0.4, -0.2) is 0 Å². The average Bonchev–Trinajstić information content (AvgIpc) is 2.49. The quantitative estimate of drug-likeness (QED) is 0.733. The van der Waals surface area contributed by atoms with Crippen LogP contribution in [0.2, 0.25) is 0 Å². The van der Waals surface area contributed by atoms with E-state index in [0.29, 0.717) is 0 Å². The third-order valence-electron chi connectivity index (χ3n) is 4.51. The fourth-order valence-electron chi connectivity index (χ4n) is 2.97. The summed E-state index contributed by atoms with van der Waals surface area (Å²) in [5, 5.41) is 0. The summed E-state index contributed by atoms with van der Waals surface area (Å²) in [5.74, 6) is 0. The van der Waals surface area contributed by atoms with E-state index in [0.717, 1.165) is 49.8 Å². The van der Waals surface area contributed by atoms with Crippen LogP contribution in [0.15, 0.2) is 24.3 Å². The third-order valence-corrected chi connectivity index (χ3v) is 4.51. The highest BCUT2D eigenvalue weighted by Gasteiger charge is 2.35. The molecule has 0 bridgehead atoms. The van der Waals surface area contributed by atoms with Crippen molar-refractivity contribution < 1.29 is 13.2 Å². The van der Waals surface area contributed by atoms with Crippen LogP contribution in [0.5, 0.6) is 0 Å². The Hall–Kier alpha value is -1.03. The van der Waals surface area contributed by atoms with Gasteiger partial charge in [0.25, 0.3) is 0 Å². The Morgan fingerprint density at radius 2 is 1.55 bits per heavy atom. The summed E-state index contributed by atoms with van der Waals surface area (Å²) in [6.07, 6.45) is 0.514. The molecule has 0 radical (unpaired) electrons. The lowest BCUT2D eigenvalue weighted by Gasteiger charge is -2.30. The minimum Gasteiger partial charge on any atom is -0.321 e. The van der Waals surface area contributed by atoms with E-state index in [4.69, 9.17) is 5.73 Å². The summed E-state index contributed by atoms with van der Waals surface area (Å²) >= 11 is 0. The molecule has 0 saturated heterocycles. The van der Waals surface area contributed by atoms with E-state index in [1.807, 2.05) is 0 Å². The molecule has 1 fully saturated rings. The van der Waals surface area contributed by atoms with Crippen LogP contribution < -0.4 is 5.73 Å². The number of benzene rings is 1. The lowest BCUT2D eigenvalue weighted by atomic mass is 9.81. The maximum absolute atomic E-state index is 12.6. The SMILES string of the molecule is CC1(C)CCCC(N)(c2ccc(C(F)(F)F)cc2)CC1. The lowest BCUT2D eigenvalue weighted by Crippen LogP contribution is -2.36. The largest absolute Gasteiger partial charge is 0.416 e. The molecule has 20 heavy (non-hydrogen) atoms. The van der Waals surface area contributed by atoms with Gasteiger partial charge in [0.1, 0.15) is 0 Å². The molecule has 1 aliphatic rings. The number of hydrogen-bond acceptors (Lipinski definition) is 1. The molecule has 1 nitrogen and oxygen atoms in total. The van der Waals surface area contributed by atoms with Crippen molar-refractivity contribution in [2.75, 3.05) is 0 Å². The summed E-state index contributed by atoms with van der Waals surface area (Å²) < 4.78 is 37.8. The molecule has 2 rings (SSSR count). The summed E-state index contributed by atoms with van der Waals surface area (Å²) in [5.41, 5.74) is 6.47. The Kier molecular flexibility index (Phi) is 3.89. The van der Waals surface area contributed by atoms with E-state index >= 15 is 0 Å². The van der Waals surface area contributed by atoms with Crippen molar-refractivity contribution in [3.8, 4) is 0 Å². The molecule has 1 saturated carbocycles. The first-order chi connectivity index (χ1) is 9.12. The van der Waals surface area contributed by atoms with Gasteiger partial charge in [-0.3, -0.25) is 0 Å². The van der Waals surface area contributed by atoms with Gasteiger partial charge >= 0.3 is 6.18 Å². The highest BCUT2D eigenvalue weighted by molar-refractivity contribution is 5.30. The zero-order chi connectivity index (χ0) is 15.0. The molecular weight excluding hydrogens is 263 g/mol. The molecule has 0 spiro atoms. The van der Waals surface area contributed by atoms with Crippen molar-refractivity contribution >= 4 is 0 Å². The molecule has 112 valence electrons. The van der Waals surface area contributed by atoms with Crippen LogP contribution in [0, 0.1) is 5.41 Å². The predicted molar refractivity (Wildman–Crippen MR) is 74.2 cm³/mol.